The molecule has 0 saturated carbocycles. The van der Waals surface area contributed by atoms with E-state index in [0.717, 1.165) is 55.7 Å². The first kappa shape index (κ1) is 37.6. The third kappa shape index (κ3) is 9.36. The zero-order chi connectivity index (χ0) is 36.5. The van der Waals surface area contributed by atoms with Crippen LogP contribution >= 0.6 is 0 Å². The van der Waals surface area contributed by atoms with Crippen LogP contribution < -0.4 is 29.6 Å². The molecule has 1 aromatic heterocycles. The highest BCUT2D eigenvalue weighted by Crippen LogP contribution is 2.41. The van der Waals surface area contributed by atoms with E-state index in [1.165, 1.54) is 21.3 Å². The highest BCUT2D eigenvalue weighted by Gasteiger charge is 2.29. The number of nitrogens with one attached hydrogen (secondary N) is 2. The maximum Gasteiger partial charge on any atom is 0.522 e. The lowest BCUT2D eigenvalue weighted by molar-refractivity contribution is -0.325. The van der Waals surface area contributed by atoms with Gasteiger partial charge in [0.05, 0.1) is 46.1 Å². The number of likely N-dealkylation sites (tertiary alicyclic amines) is 1. The number of carbonyl (C=O) groups excluding carboxylic acids is 1. The molecule has 5 rings (SSSR count). The van der Waals surface area contributed by atoms with Crippen LogP contribution in [0.25, 0.3) is 11.0 Å². The van der Waals surface area contributed by atoms with Crippen LogP contribution in [0.4, 0.5) is 19.1 Å². The van der Waals surface area contributed by atoms with Crippen LogP contribution in [0, 0.1) is 6.92 Å². The number of hydrogen-bond donors (Lipinski definition) is 2. The predicted octanol–water partition coefficient (Wildman–Crippen LogP) is 6.40. The number of halogens is 3. The van der Waals surface area contributed by atoms with E-state index in [1.54, 1.807) is 17.7 Å². The number of methoxy groups -OCH3 is 4. The number of carbonyl (C=O) groups is 1. The number of para-hydroxylation sites is 2. The Balaban J connectivity index is 1.22. The third-order valence-electron chi connectivity index (χ3n) is 9.37. The van der Waals surface area contributed by atoms with Gasteiger partial charge in [0.15, 0.2) is 11.5 Å². The molecular weight excluding hydrogens is 667 g/mol. The quantitative estimate of drug-likeness (QED) is 0.137. The van der Waals surface area contributed by atoms with Crippen molar-refractivity contribution in [2.45, 2.75) is 51.1 Å². The lowest BCUT2D eigenvalue weighted by atomic mass is 9.94. The first-order valence-corrected chi connectivity index (χ1v) is 16.9. The fraction of sp³-hybridized carbons (Fsp3) is 0.459. The van der Waals surface area contributed by atoms with Gasteiger partial charge in [0, 0.05) is 49.3 Å². The van der Waals surface area contributed by atoms with Gasteiger partial charge in [-0.1, -0.05) is 24.3 Å². The summed E-state index contributed by atoms with van der Waals surface area (Å²) in [6.07, 6.45) is -2.21. The number of amides is 1. The first-order valence-electron chi connectivity index (χ1n) is 16.9. The number of hydrogen-bond acceptors (Lipinski definition) is 9. The topological polar surface area (TPSA) is 108 Å². The van der Waals surface area contributed by atoms with Crippen molar-refractivity contribution in [1.29, 1.82) is 0 Å². The molecule has 0 radical (unpaired) electrons. The number of imidazole rings is 1. The molecule has 1 unspecified atom stereocenters. The second-order valence-corrected chi connectivity index (χ2v) is 12.4. The van der Waals surface area contributed by atoms with Gasteiger partial charge in [-0.15, -0.1) is 13.2 Å². The Kier molecular flexibility index (Phi) is 12.5. The summed E-state index contributed by atoms with van der Waals surface area (Å²) in [5.41, 5.74) is 3.63. The van der Waals surface area contributed by atoms with Crippen molar-refractivity contribution in [3.8, 4) is 23.0 Å². The number of benzene rings is 3. The van der Waals surface area contributed by atoms with Crippen LogP contribution in [0.5, 0.6) is 23.0 Å². The Bertz CT molecular complexity index is 1760. The molecular formula is C37H46F3N5O6. The Morgan fingerprint density at radius 3 is 2.29 bits per heavy atom. The highest BCUT2D eigenvalue weighted by atomic mass is 19.4. The zero-order valence-corrected chi connectivity index (χ0v) is 29.6. The van der Waals surface area contributed by atoms with Crippen molar-refractivity contribution in [3.63, 3.8) is 0 Å². The standard InChI is InChI=1S/C37H46F3N5O6/c1-24-29(22-32(48-3)34(50-5)33(24)49-4)35(46)41-23-26(25-10-12-28(47-2)13-11-25)14-17-44-18-15-27(16-19-44)42-36-43-30-8-6-7-9-31(30)45(36)20-21-51-37(38,39)40/h6-13,22,26-27H,14-21,23H2,1-5H3,(H,41,46)(H,42,43). The molecule has 0 bridgehead atoms. The van der Waals surface area contributed by atoms with Crippen molar-refractivity contribution in [2.75, 3.05) is 66.5 Å². The maximum absolute atomic E-state index is 13.5. The van der Waals surface area contributed by atoms with Crippen molar-refractivity contribution >= 4 is 22.9 Å². The summed E-state index contributed by atoms with van der Waals surface area (Å²) in [5.74, 6) is 2.36. The molecule has 2 N–H and O–H groups in total. The highest BCUT2D eigenvalue weighted by molar-refractivity contribution is 5.97. The average molecular weight is 714 g/mol. The van der Waals surface area contributed by atoms with Gasteiger partial charge in [-0.3, -0.25) is 9.53 Å². The van der Waals surface area contributed by atoms with Crippen molar-refractivity contribution < 1.29 is 41.7 Å². The molecule has 1 amide bonds. The van der Waals surface area contributed by atoms with Crippen LogP contribution in [0.2, 0.25) is 0 Å². The molecule has 0 aliphatic carbocycles. The first-order chi connectivity index (χ1) is 24.5. The summed E-state index contributed by atoms with van der Waals surface area (Å²) < 4.78 is 65.7. The largest absolute Gasteiger partial charge is 0.522 e. The fourth-order valence-electron chi connectivity index (χ4n) is 6.60. The third-order valence-corrected chi connectivity index (χ3v) is 9.37. The van der Waals surface area contributed by atoms with Gasteiger partial charge in [0.25, 0.3) is 5.91 Å². The average Bonchev–Trinajstić information content (AvgIpc) is 3.47. The molecule has 51 heavy (non-hydrogen) atoms. The second-order valence-electron chi connectivity index (χ2n) is 12.4. The molecule has 4 aromatic rings. The molecule has 3 aromatic carbocycles. The number of piperidine rings is 1. The number of fused-ring (bicyclic) bond motifs is 1. The Labute approximate surface area is 296 Å². The van der Waals surface area contributed by atoms with Gasteiger partial charge in [-0.2, -0.15) is 0 Å². The summed E-state index contributed by atoms with van der Waals surface area (Å²) in [7, 11) is 6.20. The van der Waals surface area contributed by atoms with Crippen molar-refractivity contribution in [3.05, 3.63) is 71.3 Å². The molecule has 1 aliphatic heterocycles. The van der Waals surface area contributed by atoms with E-state index in [1.807, 2.05) is 55.5 Å². The summed E-state index contributed by atoms with van der Waals surface area (Å²) in [5, 5.41) is 6.63. The minimum atomic E-state index is -4.69. The lowest BCUT2D eigenvalue weighted by Crippen LogP contribution is -2.40. The lowest BCUT2D eigenvalue weighted by Gasteiger charge is -2.33. The van der Waals surface area contributed by atoms with Crippen LogP contribution in [-0.2, 0) is 11.3 Å². The molecule has 11 nitrogen and oxygen atoms in total. The molecule has 1 saturated heterocycles. The van der Waals surface area contributed by atoms with Gasteiger partial charge in [0.2, 0.25) is 11.7 Å². The SMILES string of the molecule is COc1ccc(C(CCN2CCC(Nc3nc4ccccc4n3CCOC(F)(F)F)CC2)CNC(=O)c2cc(OC)c(OC)c(OC)c2C)cc1. The number of anilines is 1. The fourth-order valence-corrected chi connectivity index (χ4v) is 6.60. The molecule has 1 aliphatic rings. The number of ether oxygens (including phenoxy) is 5. The smallest absolute Gasteiger partial charge is 0.497 e. The zero-order valence-electron chi connectivity index (χ0n) is 29.6. The minimum Gasteiger partial charge on any atom is -0.497 e. The van der Waals surface area contributed by atoms with E-state index in [4.69, 9.17) is 18.9 Å². The van der Waals surface area contributed by atoms with E-state index in [0.29, 0.717) is 46.4 Å². The van der Waals surface area contributed by atoms with Crippen LogP contribution in [0.1, 0.15) is 46.7 Å². The van der Waals surface area contributed by atoms with E-state index >= 15 is 0 Å². The Morgan fingerprint density at radius 1 is 0.941 bits per heavy atom. The minimum absolute atomic E-state index is 0.0175. The maximum atomic E-state index is 13.5. The normalized spacial score (nSPS) is 14.7. The van der Waals surface area contributed by atoms with Crippen molar-refractivity contribution in [2.24, 2.45) is 0 Å². The molecule has 276 valence electrons. The van der Waals surface area contributed by atoms with E-state index in [2.05, 4.69) is 25.3 Å². The van der Waals surface area contributed by atoms with Gasteiger partial charge >= 0.3 is 6.36 Å². The van der Waals surface area contributed by atoms with Gasteiger partial charge in [-0.05, 0) is 68.6 Å². The Hall–Kier alpha value is -4.69. The number of nitrogens with zero attached hydrogens (tertiary/aromatic N) is 3. The Morgan fingerprint density at radius 2 is 1.65 bits per heavy atom. The number of aromatic nitrogens is 2. The van der Waals surface area contributed by atoms with Gasteiger partial charge in [-0.25, -0.2) is 4.98 Å². The molecule has 14 heteroatoms. The van der Waals surface area contributed by atoms with Crippen LogP contribution in [0.15, 0.2) is 54.6 Å². The molecule has 0 spiro atoms. The monoisotopic (exact) mass is 713 g/mol. The van der Waals surface area contributed by atoms with Gasteiger partial charge in [0.1, 0.15) is 5.75 Å². The molecule has 2 heterocycles. The summed E-state index contributed by atoms with van der Waals surface area (Å²) in [6.45, 7) is 4.22. The van der Waals surface area contributed by atoms with Crippen molar-refractivity contribution in [1.82, 2.24) is 19.8 Å². The van der Waals surface area contributed by atoms with Crippen LogP contribution in [-0.4, -0.2) is 94.0 Å². The predicted molar refractivity (Wildman–Crippen MR) is 188 cm³/mol. The van der Waals surface area contributed by atoms with Gasteiger partial charge < -0.3 is 39.0 Å². The van der Waals surface area contributed by atoms with E-state index < -0.39 is 13.0 Å². The van der Waals surface area contributed by atoms with E-state index in [-0.39, 0.29) is 24.4 Å². The van der Waals surface area contributed by atoms with E-state index in [9.17, 15) is 18.0 Å². The van der Waals surface area contributed by atoms with Crippen LogP contribution in [0.3, 0.4) is 0 Å². The summed E-state index contributed by atoms with van der Waals surface area (Å²) in [4.78, 5) is 20.6. The second kappa shape index (κ2) is 17.0. The summed E-state index contributed by atoms with van der Waals surface area (Å²) in [6, 6.07) is 17.1. The molecule has 1 fully saturated rings. The summed E-state index contributed by atoms with van der Waals surface area (Å²) >= 11 is 0. The number of rotatable bonds is 16. The number of alkyl halides is 3. The molecule has 1 atom stereocenters.